The first-order valence-electron chi connectivity index (χ1n) is 12.1. The number of amides is 1. The average Bonchev–Trinajstić information content (AvgIpc) is 3.20. The molecule has 7 nitrogen and oxygen atoms in total. The summed E-state index contributed by atoms with van der Waals surface area (Å²) in [6.45, 7) is 4.77. The Bertz CT molecular complexity index is 1340. The summed E-state index contributed by atoms with van der Waals surface area (Å²) >= 11 is 1.51. The van der Waals surface area contributed by atoms with Crippen LogP contribution in [0.15, 0.2) is 39.9 Å². The molecule has 1 amide bonds. The molecule has 180 valence electrons. The van der Waals surface area contributed by atoms with Crippen molar-refractivity contribution in [2.24, 2.45) is 0 Å². The number of carbonyl (C=O) groups excluding carboxylic acids is 1. The highest BCUT2D eigenvalue weighted by atomic mass is 32.1. The Morgan fingerprint density at radius 2 is 1.94 bits per heavy atom. The molecule has 0 radical (unpaired) electrons. The molecule has 1 aliphatic heterocycles. The highest BCUT2D eigenvalue weighted by Gasteiger charge is 2.33. The van der Waals surface area contributed by atoms with Gasteiger partial charge in [-0.3, -0.25) is 18.7 Å². The molecule has 1 saturated heterocycles. The van der Waals surface area contributed by atoms with E-state index in [0.717, 1.165) is 36.8 Å². The maximum atomic E-state index is 13.8. The minimum Gasteiger partial charge on any atom is -0.375 e. The van der Waals surface area contributed by atoms with Crippen molar-refractivity contribution in [1.29, 1.82) is 0 Å². The lowest BCUT2D eigenvalue weighted by atomic mass is 9.93. The fourth-order valence-electron chi connectivity index (χ4n) is 5.26. The number of fused-ring (bicyclic) bond motifs is 3. The van der Waals surface area contributed by atoms with Crippen molar-refractivity contribution in [2.45, 2.75) is 77.1 Å². The van der Waals surface area contributed by atoms with Gasteiger partial charge in [0.1, 0.15) is 11.4 Å². The minimum absolute atomic E-state index is 0.103. The molecule has 3 aromatic rings. The lowest BCUT2D eigenvalue weighted by Gasteiger charge is -2.36. The molecule has 1 N–H and O–H groups in total. The van der Waals surface area contributed by atoms with Gasteiger partial charge in [-0.1, -0.05) is 30.3 Å². The second-order valence-corrected chi connectivity index (χ2v) is 11.0. The van der Waals surface area contributed by atoms with Crippen LogP contribution in [0, 0.1) is 0 Å². The van der Waals surface area contributed by atoms with Crippen molar-refractivity contribution in [3.05, 3.63) is 67.2 Å². The molecule has 0 saturated carbocycles. The Kier molecular flexibility index (Phi) is 6.20. The summed E-state index contributed by atoms with van der Waals surface area (Å²) in [4.78, 5) is 42.3. The second kappa shape index (κ2) is 9.15. The van der Waals surface area contributed by atoms with Crippen LogP contribution in [0.5, 0.6) is 0 Å². The third-order valence-electron chi connectivity index (χ3n) is 6.94. The number of rotatable bonds is 5. The van der Waals surface area contributed by atoms with Crippen LogP contribution in [0.3, 0.4) is 0 Å². The molecule has 1 aromatic carbocycles. The average molecular weight is 482 g/mol. The lowest BCUT2D eigenvalue weighted by Crippen LogP contribution is -2.47. The summed E-state index contributed by atoms with van der Waals surface area (Å²) in [6, 6.07) is 9.44. The van der Waals surface area contributed by atoms with Gasteiger partial charge >= 0.3 is 5.69 Å². The minimum atomic E-state index is -0.407. The van der Waals surface area contributed by atoms with Crippen molar-refractivity contribution in [1.82, 2.24) is 14.5 Å². The first-order chi connectivity index (χ1) is 16.3. The predicted octanol–water partition coefficient (Wildman–Crippen LogP) is 3.55. The molecular formula is C26H31N3O4S. The van der Waals surface area contributed by atoms with E-state index >= 15 is 0 Å². The number of nitrogens with one attached hydrogen (secondary N) is 1. The normalized spacial score (nSPS) is 19.6. The highest BCUT2D eigenvalue weighted by molar-refractivity contribution is 7.18. The molecule has 1 aliphatic carbocycles. The van der Waals surface area contributed by atoms with Gasteiger partial charge in [0.05, 0.1) is 11.0 Å². The summed E-state index contributed by atoms with van der Waals surface area (Å²) in [5, 5.41) is 3.56. The predicted molar refractivity (Wildman–Crippen MR) is 134 cm³/mol. The SMILES string of the molecule is CC1(C)C[C@@H](n2c(=O)c3c4c(sc3n(CC(=O)NCc3ccccc3)c2=O)CCCC4)CCO1. The monoisotopic (exact) mass is 481 g/mol. The van der Waals surface area contributed by atoms with Gasteiger partial charge in [0, 0.05) is 24.1 Å². The van der Waals surface area contributed by atoms with E-state index in [1.807, 2.05) is 44.2 Å². The van der Waals surface area contributed by atoms with Gasteiger partial charge in [0.25, 0.3) is 5.56 Å². The van der Waals surface area contributed by atoms with Crippen LogP contribution in [0.25, 0.3) is 10.2 Å². The Hall–Kier alpha value is -2.71. The van der Waals surface area contributed by atoms with Gasteiger partial charge in [0.15, 0.2) is 0 Å². The number of benzene rings is 1. The van der Waals surface area contributed by atoms with Crippen LogP contribution in [0.1, 0.15) is 61.6 Å². The lowest BCUT2D eigenvalue weighted by molar-refractivity contribution is -0.121. The Balaban J connectivity index is 1.57. The standard InChI is InChI=1S/C26H31N3O4S/c1-26(2)14-18(12-13-33-26)29-23(31)22-19-10-6-7-11-20(19)34-24(22)28(25(29)32)16-21(30)27-15-17-8-4-3-5-9-17/h3-5,8-9,18H,6-7,10-16H2,1-2H3,(H,27,30)/t18-/m0/s1. The van der Waals surface area contributed by atoms with Crippen LogP contribution < -0.4 is 16.6 Å². The second-order valence-electron chi connectivity index (χ2n) is 9.95. The number of hydrogen-bond donors (Lipinski definition) is 1. The molecule has 34 heavy (non-hydrogen) atoms. The van der Waals surface area contributed by atoms with Crippen LogP contribution in [0.2, 0.25) is 0 Å². The summed E-state index contributed by atoms with van der Waals surface area (Å²) < 4.78 is 8.79. The molecule has 2 aromatic heterocycles. The molecular weight excluding hydrogens is 450 g/mol. The molecule has 1 fully saturated rings. The zero-order valence-corrected chi connectivity index (χ0v) is 20.6. The third-order valence-corrected chi connectivity index (χ3v) is 8.25. The van der Waals surface area contributed by atoms with E-state index in [2.05, 4.69) is 5.32 Å². The Morgan fingerprint density at radius 1 is 1.18 bits per heavy atom. The molecule has 2 aliphatic rings. The molecule has 0 bridgehead atoms. The fraction of sp³-hybridized carbons (Fsp3) is 0.500. The van der Waals surface area contributed by atoms with E-state index in [-0.39, 0.29) is 24.1 Å². The zero-order valence-electron chi connectivity index (χ0n) is 19.8. The van der Waals surface area contributed by atoms with Gasteiger partial charge < -0.3 is 10.1 Å². The molecule has 8 heteroatoms. The summed E-state index contributed by atoms with van der Waals surface area (Å²) in [6.07, 6.45) is 5.09. The van der Waals surface area contributed by atoms with E-state index in [1.165, 1.54) is 25.3 Å². The van der Waals surface area contributed by atoms with Crippen molar-refractivity contribution >= 4 is 27.5 Å². The number of nitrogens with zero attached hydrogens (tertiary/aromatic N) is 2. The number of ether oxygens (including phenoxy) is 1. The smallest absolute Gasteiger partial charge is 0.332 e. The number of aromatic nitrogens is 2. The van der Waals surface area contributed by atoms with Gasteiger partial charge in [-0.05, 0) is 63.5 Å². The molecule has 0 unspecified atom stereocenters. The largest absolute Gasteiger partial charge is 0.375 e. The fourth-order valence-corrected chi connectivity index (χ4v) is 6.64. The maximum absolute atomic E-state index is 13.8. The molecule has 3 heterocycles. The number of hydrogen-bond acceptors (Lipinski definition) is 5. The maximum Gasteiger partial charge on any atom is 0.332 e. The van der Waals surface area contributed by atoms with Crippen molar-refractivity contribution in [3.63, 3.8) is 0 Å². The first kappa shape index (κ1) is 23.1. The third kappa shape index (κ3) is 4.36. The van der Waals surface area contributed by atoms with Gasteiger partial charge in [-0.15, -0.1) is 11.3 Å². The topological polar surface area (TPSA) is 82.3 Å². The van der Waals surface area contributed by atoms with Gasteiger partial charge in [-0.2, -0.15) is 0 Å². The summed E-state index contributed by atoms with van der Waals surface area (Å²) in [5.41, 5.74) is 1.07. The van der Waals surface area contributed by atoms with E-state index < -0.39 is 11.3 Å². The number of carbonyl (C=O) groups is 1. The van der Waals surface area contributed by atoms with Crippen LogP contribution >= 0.6 is 11.3 Å². The van der Waals surface area contributed by atoms with Crippen molar-refractivity contribution < 1.29 is 9.53 Å². The van der Waals surface area contributed by atoms with Crippen molar-refractivity contribution in [2.75, 3.05) is 6.61 Å². The number of thiophene rings is 1. The quantitative estimate of drug-likeness (QED) is 0.604. The number of aryl methyl sites for hydroxylation is 2. The van der Waals surface area contributed by atoms with E-state index in [1.54, 1.807) is 0 Å². The first-order valence-corrected chi connectivity index (χ1v) is 12.9. The van der Waals surface area contributed by atoms with Gasteiger partial charge in [-0.25, -0.2) is 4.79 Å². The van der Waals surface area contributed by atoms with Crippen LogP contribution in [0.4, 0.5) is 0 Å². The summed E-state index contributed by atoms with van der Waals surface area (Å²) in [7, 11) is 0. The Labute approximate surface area is 202 Å². The molecule has 5 rings (SSSR count). The zero-order chi connectivity index (χ0) is 23.9. The van der Waals surface area contributed by atoms with Crippen LogP contribution in [-0.4, -0.2) is 27.2 Å². The van der Waals surface area contributed by atoms with Crippen LogP contribution in [-0.2, 0) is 35.5 Å². The van der Waals surface area contributed by atoms with E-state index in [0.29, 0.717) is 36.2 Å². The highest BCUT2D eigenvalue weighted by Crippen LogP contribution is 2.35. The molecule has 0 spiro atoms. The van der Waals surface area contributed by atoms with E-state index in [9.17, 15) is 14.4 Å². The van der Waals surface area contributed by atoms with Crippen molar-refractivity contribution in [3.8, 4) is 0 Å². The van der Waals surface area contributed by atoms with E-state index in [4.69, 9.17) is 4.74 Å². The summed E-state index contributed by atoms with van der Waals surface area (Å²) in [5.74, 6) is -0.240. The molecule has 1 atom stereocenters. The van der Waals surface area contributed by atoms with Gasteiger partial charge in [0.2, 0.25) is 5.91 Å². The Morgan fingerprint density at radius 3 is 2.71 bits per heavy atom.